The summed E-state index contributed by atoms with van der Waals surface area (Å²) < 4.78 is 5.48. The molecule has 1 amide bonds. The quantitative estimate of drug-likeness (QED) is 0.831. The average molecular weight is 291 g/mol. The largest absolute Gasteiger partial charge is 0.379 e. The third kappa shape index (κ3) is 4.07. The van der Waals surface area contributed by atoms with E-state index in [1.165, 1.54) is 12.8 Å². The van der Waals surface area contributed by atoms with Gasteiger partial charge in [0.25, 0.3) is 0 Å². The number of amides is 1. The maximum Gasteiger partial charge on any atom is 0.223 e. The van der Waals surface area contributed by atoms with Gasteiger partial charge in [-0.3, -0.25) is 4.79 Å². The van der Waals surface area contributed by atoms with E-state index >= 15 is 0 Å². The first-order valence-corrected chi connectivity index (χ1v) is 7.29. The number of halogens is 1. The van der Waals surface area contributed by atoms with Crippen molar-refractivity contribution in [2.24, 2.45) is 17.6 Å². The fraction of sp³-hybridized carbons (Fsp3) is 0.929. The van der Waals surface area contributed by atoms with Gasteiger partial charge in [-0.25, -0.2) is 0 Å². The second-order valence-electron chi connectivity index (χ2n) is 5.71. The summed E-state index contributed by atoms with van der Waals surface area (Å²) in [5, 5.41) is 3.21. The molecule has 0 aliphatic heterocycles. The van der Waals surface area contributed by atoms with E-state index in [0.717, 1.165) is 32.1 Å². The normalized spacial score (nSPS) is 34.6. The highest BCUT2D eigenvalue weighted by molar-refractivity contribution is 5.85. The van der Waals surface area contributed by atoms with E-state index in [-0.39, 0.29) is 36.4 Å². The molecule has 112 valence electrons. The molecule has 4 atom stereocenters. The predicted octanol–water partition coefficient (Wildman–Crippen LogP) is 1.86. The zero-order chi connectivity index (χ0) is 13.0. The molecule has 2 aliphatic rings. The summed E-state index contributed by atoms with van der Waals surface area (Å²) >= 11 is 0. The Hall–Kier alpha value is -0.320. The summed E-state index contributed by atoms with van der Waals surface area (Å²) in [4.78, 5) is 12.3. The molecule has 5 heteroatoms. The number of hydrogen-bond donors (Lipinski definition) is 2. The Morgan fingerprint density at radius 3 is 2.63 bits per heavy atom. The summed E-state index contributed by atoms with van der Waals surface area (Å²) in [5.74, 6) is 0.723. The maximum absolute atomic E-state index is 12.3. The van der Waals surface area contributed by atoms with Crippen LogP contribution in [0.25, 0.3) is 0 Å². The standard InChI is InChI=1S/C14H26N2O2.ClH/c1-18-13-8-3-2-7-12(13)16-14(17)11-6-4-5-10(11)9-15;/h10-13H,2-9,15H2,1H3,(H,16,17);1H/t10-,11-,12?,13?;/m1./s1. The van der Waals surface area contributed by atoms with Crippen LogP contribution < -0.4 is 11.1 Å². The Kier molecular flexibility index (Phi) is 7.11. The van der Waals surface area contributed by atoms with Crippen molar-refractivity contribution in [3.05, 3.63) is 0 Å². The second-order valence-corrected chi connectivity index (χ2v) is 5.71. The monoisotopic (exact) mass is 290 g/mol. The molecular weight excluding hydrogens is 264 g/mol. The minimum Gasteiger partial charge on any atom is -0.379 e. The molecule has 4 nitrogen and oxygen atoms in total. The highest BCUT2D eigenvalue weighted by Gasteiger charge is 2.34. The smallest absolute Gasteiger partial charge is 0.223 e. The van der Waals surface area contributed by atoms with E-state index in [9.17, 15) is 4.79 Å². The maximum atomic E-state index is 12.3. The van der Waals surface area contributed by atoms with Gasteiger partial charge in [0.05, 0.1) is 12.1 Å². The topological polar surface area (TPSA) is 64.3 Å². The van der Waals surface area contributed by atoms with Crippen LogP contribution in [0.2, 0.25) is 0 Å². The van der Waals surface area contributed by atoms with Gasteiger partial charge in [0.2, 0.25) is 5.91 Å². The Bertz CT molecular complexity index is 289. The molecule has 2 fully saturated rings. The SMILES string of the molecule is COC1CCCCC1NC(=O)[C@@H]1CCC[C@@H]1CN.Cl. The average Bonchev–Trinajstić information content (AvgIpc) is 2.87. The minimum absolute atomic E-state index is 0. The van der Waals surface area contributed by atoms with Crippen LogP contribution in [-0.2, 0) is 9.53 Å². The van der Waals surface area contributed by atoms with Crippen molar-refractivity contribution in [3.8, 4) is 0 Å². The van der Waals surface area contributed by atoms with Crippen LogP contribution in [0.5, 0.6) is 0 Å². The predicted molar refractivity (Wildman–Crippen MR) is 78.3 cm³/mol. The minimum atomic E-state index is 0. The summed E-state index contributed by atoms with van der Waals surface area (Å²) in [6, 6.07) is 0.204. The van der Waals surface area contributed by atoms with E-state index in [0.29, 0.717) is 12.5 Å². The first-order valence-electron chi connectivity index (χ1n) is 7.29. The summed E-state index contributed by atoms with van der Waals surface area (Å²) in [6.07, 6.45) is 7.94. The lowest BCUT2D eigenvalue weighted by molar-refractivity contribution is -0.128. The fourth-order valence-electron chi connectivity index (χ4n) is 3.50. The van der Waals surface area contributed by atoms with Gasteiger partial charge in [0, 0.05) is 13.0 Å². The van der Waals surface area contributed by atoms with Gasteiger partial charge >= 0.3 is 0 Å². The lowest BCUT2D eigenvalue weighted by Crippen LogP contribution is -2.48. The van der Waals surface area contributed by atoms with Crippen molar-refractivity contribution in [2.45, 2.75) is 57.1 Å². The van der Waals surface area contributed by atoms with E-state index in [1.54, 1.807) is 7.11 Å². The van der Waals surface area contributed by atoms with Gasteiger partial charge in [-0.15, -0.1) is 12.4 Å². The van der Waals surface area contributed by atoms with Crippen LogP contribution in [0.1, 0.15) is 44.9 Å². The van der Waals surface area contributed by atoms with Crippen LogP contribution in [0.3, 0.4) is 0 Å². The molecule has 0 aromatic heterocycles. The molecule has 0 spiro atoms. The summed E-state index contributed by atoms with van der Waals surface area (Å²) in [6.45, 7) is 0.635. The van der Waals surface area contributed by atoms with Crippen LogP contribution in [0.15, 0.2) is 0 Å². The molecule has 2 aliphatic carbocycles. The number of carbonyl (C=O) groups excluding carboxylic acids is 1. The van der Waals surface area contributed by atoms with Crippen LogP contribution in [0, 0.1) is 11.8 Å². The molecular formula is C14H27ClN2O2. The van der Waals surface area contributed by atoms with Gasteiger partial charge < -0.3 is 15.8 Å². The van der Waals surface area contributed by atoms with E-state index < -0.39 is 0 Å². The van der Waals surface area contributed by atoms with Crippen molar-refractivity contribution in [1.29, 1.82) is 0 Å². The number of carbonyl (C=O) groups is 1. The zero-order valence-corrected chi connectivity index (χ0v) is 12.6. The molecule has 2 saturated carbocycles. The zero-order valence-electron chi connectivity index (χ0n) is 11.8. The molecule has 2 rings (SSSR count). The molecule has 0 saturated heterocycles. The van der Waals surface area contributed by atoms with Gasteiger partial charge in [-0.05, 0) is 38.1 Å². The third-order valence-corrected chi connectivity index (χ3v) is 4.63. The van der Waals surface area contributed by atoms with Crippen molar-refractivity contribution in [3.63, 3.8) is 0 Å². The van der Waals surface area contributed by atoms with Gasteiger partial charge in [0.15, 0.2) is 0 Å². The molecule has 0 radical (unpaired) electrons. The molecule has 0 aromatic carbocycles. The van der Waals surface area contributed by atoms with Crippen molar-refractivity contribution < 1.29 is 9.53 Å². The molecule has 0 heterocycles. The van der Waals surface area contributed by atoms with Gasteiger partial charge in [-0.1, -0.05) is 19.3 Å². The van der Waals surface area contributed by atoms with E-state index in [4.69, 9.17) is 10.5 Å². The molecule has 2 unspecified atom stereocenters. The first-order chi connectivity index (χ1) is 8.76. The van der Waals surface area contributed by atoms with Crippen LogP contribution in [0.4, 0.5) is 0 Å². The third-order valence-electron chi connectivity index (χ3n) is 4.63. The number of nitrogens with one attached hydrogen (secondary N) is 1. The van der Waals surface area contributed by atoms with Crippen LogP contribution in [-0.4, -0.2) is 31.7 Å². The Morgan fingerprint density at radius 1 is 1.21 bits per heavy atom. The lowest BCUT2D eigenvalue weighted by Gasteiger charge is -2.32. The number of methoxy groups -OCH3 is 1. The number of nitrogens with two attached hydrogens (primary N) is 1. The number of hydrogen-bond acceptors (Lipinski definition) is 3. The first kappa shape index (κ1) is 16.7. The fourth-order valence-corrected chi connectivity index (χ4v) is 3.50. The lowest BCUT2D eigenvalue weighted by atomic mass is 9.90. The highest BCUT2D eigenvalue weighted by atomic mass is 35.5. The van der Waals surface area contributed by atoms with Crippen LogP contribution >= 0.6 is 12.4 Å². The second kappa shape index (κ2) is 8.08. The Balaban J connectivity index is 0.00000180. The molecule has 3 N–H and O–H groups in total. The summed E-state index contributed by atoms with van der Waals surface area (Å²) in [7, 11) is 1.74. The van der Waals surface area contributed by atoms with Gasteiger partial charge in [-0.2, -0.15) is 0 Å². The van der Waals surface area contributed by atoms with Crippen molar-refractivity contribution in [2.75, 3.05) is 13.7 Å². The van der Waals surface area contributed by atoms with E-state index in [2.05, 4.69) is 5.32 Å². The molecule has 19 heavy (non-hydrogen) atoms. The van der Waals surface area contributed by atoms with E-state index in [1.807, 2.05) is 0 Å². The van der Waals surface area contributed by atoms with Crippen molar-refractivity contribution >= 4 is 18.3 Å². The Labute approximate surface area is 122 Å². The number of rotatable bonds is 4. The summed E-state index contributed by atoms with van der Waals surface area (Å²) in [5.41, 5.74) is 5.74. The van der Waals surface area contributed by atoms with Gasteiger partial charge in [0.1, 0.15) is 0 Å². The Morgan fingerprint density at radius 2 is 1.95 bits per heavy atom. The highest BCUT2D eigenvalue weighted by Crippen LogP contribution is 2.31. The number of ether oxygens (including phenoxy) is 1. The molecule has 0 bridgehead atoms. The molecule has 0 aromatic rings. The van der Waals surface area contributed by atoms with Crippen molar-refractivity contribution in [1.82, 2.24) is 5.32 Å².